The van der Waals surface area contributed by atoms with Crippen molar-refractivity contribution in [3.63, 3.8) is 0 Å². The van der Waals surface area contributed by atoms with Gasteiger partial charge in [-0.3, -0.25) is 14.5 Å². The molecular formula is C14H12F3N3O2S. The molecule has 0 aromatic carbocycles. The molecule has 2 heterocycles. The number of carbonyl (C=O) groups is 2. The van der Waals surface area contributed by atoms with Gasteiger partial charge in [-0.25, -0.2) is 4.98 Å². The Morgan fingerprint density at radius 1 is 1.35 bits per heavy atom. The predicted molar refractivity (Wildman–Crippen MR) is 75.4 cm³/mol. The van der Waals surface area contributed by atoms with Gasteiger partial charge >= 0.3 is 6.18 Å². The van der Waals surface area contributed by atoms with Gasteiger partial charge in [0, 0.05) is 30.8 Å². The number of nitrogens with zero attached hydrogens (tertiary/aromatic N) is 3. The fourth-order valence-corrected chi connectivity index (χ4v) is 3.16. The minimum absolute atomic E-state index is 0.0427. The molecular weight excluding hydrogens is 331 g/mol. The molecule has 0 unspecified atom stereocenters. The number of aromatic nitrogens is 1. The number of imide groups is 1. The summed E-state index contributed by atoms with van der Waals surface area (Å²) in [6.07, 6.45) is -4.32. The molecule has 122 valence electrons. The van der Waals surface area contributed by atoms with E-state index in [1.54, 1.807) is 6.07 Å². The third kappa shape index (κ3) is 3.82. The van der Waals surface area contributed by atoms with E-state index in [0.29, 0.717) is 0 Å². The quantitative estimate of drug-likeness (QED) is 0.620. The zero-order valence-electron chi connectivity index (χ0n) is 12.1. The summed E-state index contributed by atoms with van der Waals surface area (Å²) < 4.78 is 38.9. The number of rotatable bonds is 4. The fourth-order valence-electron chi connectivity index (χ4n) is 2.19. The second kappa shape index (κ2) is 6.58. The molecule has 9 heteroatoms. The highest BCUT2D eigenvalue weighted by molar-refractivity contribution is 7.99. The lowest BCUT2D eigenvalue weighted by Crippen LogP contribution is -2.31. The SMILES string of the molecule is Cc1cc(C(F)(F)F)c(C#N)c(SCCN2C(=O)CCC2=O)n1. The third-order valence-electron chi connectivity index (χ3n) is 3.24. The molecule has 5 nitrogen and oxygen atoms in total. The normalized spacial score (nSPS) is 15.2. The number of alkyl halides is 3. The van der Waals surface area contributed by atoms with E-state index in [1.165, 1.54) is 6.92 Å². The molecule has 0 saturated carbocycles. The molecule has 1 aromatic heterocycles. The van der Waals surface area contributed by atoms with Crippen LogP contribution < -0.4 is 0 Å². The van der Waals surface area contributed by atoms with Crippen LogP contribution in [0.5, 0.6) is 0 Å². The fraction of sp³-hybridized carbons (Fsp3) is 0.429. The summed E-state index contributed by atoms with van der Waals surface area (Å²) in [5, 5.41) is 8.98. The first-order valence-electron chi connectivity index (χ1n) is 6.69. The molecule has 0 aliphatic carbocycles. The number of halogens is 3. The zero-order valence-corrected chi connectivity index (χ0v) is 12.9. The monoisotopic (exact) mass is 343 g/mol. The number of hydrogen-bond acceptors (Lipinski definition) is 5. The molecule has 2 amide bonds. The number of pyridine rings is 1. The van der Waals surface area contributed by atoms with Crippen molar-refractivity contribution in [3.05, 3.63) is 22.9 Å². The Morgan fingerprint density at radius 2 is 1.96 bits per heavy atom. The van der Waals surface area contributed by atoms with E-state index in [1.807, 2.05) is 0 Å². The van der Waals surface area contributed by atoms with Crippen molar-refractivity contribution in [2.75, 3.05) is 12.3 Å². The number of hydrogen-bond donors (Lipinski definition) is 0. The molecule has 0 spiro atoms. The van der Waals surface area contributed by atoms with Gasteiger partial charge in [-0.2, -0.15) is 18.4 Å². The number of aryl methyl sites for hydroxylation is 1. The molecule has 23 heavy (non-hydrogen) atoms. The van der Waals surface area contributed by atoms with Crippen LogP contribution in [0, 0.1) is 18.3 Å². The molecule has 0 bridgehead atoms. The van der Waals surface area contributed by atoms with Crippen LogP contribution in [-0.2, 0) is 15.8 Å². The van der Waals surface area contributed by atoms with Gasteiger partial charge in [0.2, 0.25) is 11.8 Å². The van der Waals surface area contributed by atoms with Crippen LogP contribution in [0.1, 0.15) is 29.7 Å². The minimum Gasteiger partial charge on any atom is -0.282 e. The first-order valence-corrected chi connectivity index (χ1v) is 7.67. The van der Waals surface area contributed by atoms with E-state index >= 15 is 0 Å². The second-order valence-electron chi connectivity index (χ2n) is 4.89. The number of carbonyl (C=O) groups excluding carboxylic acids is 2. The van der Waals surface area contributed by atoms with Crippen molar-refractivity contribution >= 4 is 23.6 Å². The van der Waals surface area contributed by atoms with E-state index in [4.69, 9.17) is 5.26 Å². The molecule has 0 N–H and O–H groups in total. The number of likely N-dealkylation sites (tertiary alicyclic amines) is 1. The van der Waals surface area contributed by atoms with Crippen LogP contribution >= 0.6 is 11.8 Å². The number of thioether (sulfide) groups is 1. The maximum Gasteiger partial charge on any atom is 0.417 e. The number of amides is 2. The third-order valence-corrected chi connectivity index (χ3v) is 4.20. The van der Waals surface area contributed by atoms with Gasteiger partial charge in [-0.1, -0.05) is 0 Å². The Morgan fingerprint density at radius 3 is 2.48 bits per heavy atom. The second-order valence-corrected chi connectivity index (χ2v) is 5.97. The topological polar surface area (TPSA) is 74.1 Å². The highest BCUT2D eigenvalue weighted by Crippen LogP contribution is 2.35. The smallest absolute Gasteiger partial charge is 0.282 e. The van der Waals surface area contributed by atoms with Crippen molar-refractivity contribution in [2.45, 2.75) is 31.0 Å². The standard InChI is InChI=1S/C14H12F3N3O2S/c1-8-6-10(14(15,16)17)9(7-18)13(19-8)23-5-4-20-11(21)2-3-12(20)22/h6H,2-5H2,1H3. The van der Waals surface area contributed by atoms with Crippen molar-refractivity contribution in [2.24, 2.45) is 0 Å². The summed E-state index contributed by atoms with van der Waals surface area (Å²) in [5.41, 5.74) is -1.41. The maximum atomic E-state index is 13.0. The Bertz CT molecular complexity index is 682. The van der Waals surface area contributed by atoms with Gasteiger partial charge in [0.1, 0.15) is 11.1 Å². The van der Waals surface area contributed by atoms with Gasteiger partial charge in [-0.05, 0) is 13.0 Å². The summed E-state index contributed by atoms with van der Waals surface area (Å²) in [5.74, 6) is -0.395. The lowest BCUT2D eigenvalue weighted by molar-refractivity contribution is -0.139. The Balaban J connectivity index is 2.17. The van der Waals surface area contributed by atoms with Gasteiger partial charge in [-0.15, -0.1) is 11.8 Å². The molecule has 1 fully saturated rings. The van der Waals surface area contributed by atoms with E-state index in [2.05, 4.69) is 4.98 Å². The first kappa shape index (κ1) is 17.3. The van der Waals surface area contributed by atoms with Crippen molar-refractivity contribution < 1.29 is 22.8 Å². The van der Waals surface area contributed by atoms with E-state index in [0.717, 1.165) is 22.7 Å². The van der Waals surface area contributed by atoms with E-state index in [-0.39, 0.29) is 47.7 Å². The van der Waals surface area contributed by atoms with Crippen LogP contribution in [0.25, 0.3) is 0 Å². The van der Waals surface area contributed by atoms with E-state index in [9.17, 15) is 22.8 Å². The summed E-state index contributed by atoms with van der Waals surface area (Å²) in [7, 11) is 0. The molecule has 0 atom stereocenters. The van der Waals surface area contributed by atoms with Crippen LogP contribution in [0.2, 0.25) is 0 Å². The highest BCUT2D eigenvalue weighted by Gasteiger charge is 2.35. The number of nitriles is 1. The molecule has 0 radical (unpaired) electrons. The summed E-state index contributed by atoms with van der Waals surface area (Å²) in [6, 6.07) is 2.37. The minimum atomic E-state index is -4.64. The molecule has 2 rings (SSSR count). The van der Waals surface area contributed by atoms with Gasteiger partial charge < -0.3 is 0 Å². The Hall–Kier alpha value is -2.08. The average molecular weight is 343 g/mol. The summed E-state index contributed by atoms with van der Waals surface area (Å²) in [4.78, 5) is 28.0. The first-order chi connectivity index (χ1) is 10.7. The maximum absolute atomic E-state index is 13.0. The Labute approximate surface area is 134 Å². The molecule has 1 saturated heterocycles. The van der Waals surface area contributed by atoms with Crippen LogP contribution in [0.15, 0.2) is 11.1 Å². The van der Waals surface area contributed by atoms with E-state index < -0.39 is 17.3 Å². The van der Waals surface area contributed by atoms with Gasteiger partial charge in [0.15, 0.2) is 0 Å². The van der Waals surface area contributed by atoms with Crippen molar-refractivity contribution in [1.29, 1.82) is 5.26 Å². The Kier molecular flexibility index (Phi) is 4.94. The van der Waals surface area contributed by atoms with Crippen molar-refractivity contribution in [3.8, 4) is 6.07 Å². The van der Waals surface area contributed by atoms with Crippen LogP contribution in [0.3, 0.4) is 0 Å². The van der Waals surface area contributed by atoms with Crippen molar-refractivity contribution in [1.82, 2.24) is 9.88 Å². The largest absolute Gasteiger partial charge is 0.417 e. The van der Waals surface area contributed by atoms with Crippen LogP contribution in [-0.4, -0.2) is 34.0 Å². The summed E-state index contributed by atoms with van der Waals surface area (Å²) in [6.45, 7) is 1.50. The molecule has 1 aromatic rings. The lowest BCUT2D eigenvalue weighted by atomic mass is 10.1. The van der Waals surface area contributed by atoms with Crippen LogP contribution in [0.4, 0.5) is 13.2 Å². The van der Waals surface area contributed by atoms with Gasteiger partial charge in [0.25, 0.3) is 0 Å². The average Bonchev–Trinajstić information content (AvgIpc) is 2.77. The summed E-state index contributed by atoms with van der Waals surface area (Å²) >= 11 is 0.927. The molecule has 1 aliphatic rings. The van der Waals surface area contributed by atoms with Gasteiger partial charge in [0.05, 0.1) is 11.1 Å². The molecule has 1 aliphatic heterocycles. The predicted octanol–water partition coefficient (Wildman–Crippen LogP) is 2.52. The highest BCUT2D eigenvalue weighted by atomic mass is 32.2. The zero-order chi connectivity index (χ0) is 17.2. The lowest BCUT2D eigenvalue weighted by Gasteiger charge is -2.15.